The monoisotopic (exact) mass is 365 g/mol. The average molecular weight is 366 g/mol. The molecule has 0 atom stereocenters. The van der Waals surface area contributed by atoms with E-state index in [4.69, 9.17) is 11.6 Å². The molecule has 5 nitrogen and oxygen atoms in total. The summed E-state index contributed by atoms with van der Waals surface area (Å²) in [6.45, 7) is 0. The molecule has 0 aliphatic heterocycles. The second-order valence-electron chi connectivity index (χ2n) is 6.06. The topological polar surface area (TPSA) is 66.1 Å². The molecule has 0 bridgehead atoms. The van der Waals surface area contributed by atoms with E-state index in [1.165, 1.54) is 15.7 Å². The minimum absolute atomic E-state index is 0.246. The van der Waals surface area contributed by atoms with Crippen LogP contribution in [-0.4, -0.2) is 35.4 Å². The molecular weight excluding hydrogens is 350 g/mol. The summed E-state index contributed by atoms with van der Waals surface area (Å²) in [6.07, 6.45) is 1.51. The number of fused-ring (bicyclic) bond motifs is 1. The van der Waals surface area contributed by atoms with E-state index in [9.17, 15) is 14.9 Å². The summed E-state index contributed by atoms with van der Waals surface area (Å²) in [5.41, 5.74) is 2.59. The first-order valence-corrected chi connectivity index (χ1v) is 8.46. The first-order valence-electron chi connectivity index (χ1n) is 7.93. The van der Waals surface area contributed by atoms with Crippen LogP contribution in [0.1, 0.15) is 27.0 Å². The number of carbonyl (C=O) groups is 2. The molecule has 3 rings (SSSR count). The van der Waals surface area contributed by atoms with Gasteiger partial charge in [0.2, 0.25) is 0 Å². The minimum atomic E-state index is -0.290. The molecule has 6 heteroatoms. The Morgan fingerprint density at radius 3 is 2.42 bits per heavy atom. The SMILES string of the molecule is CN(C)C(=O)n1cc(C(=O)c2ccc(CCl)cc2)c2c(C#N)cccc21. The zero-order chi connectivity index (χ0) is 18.8. The quantitative estimate of drug-likeness (QED) is 0.520. The van der Waals surface area contributed by atoms with Gasteiger partial charge in [-0.15, -0.1) is 11.6 Å². The predicted molar refractivity (Wildman–Crippen MR) is 101 cm³/mol. The Balaban J connectivity index is 2.23. The van der Waals surface area contributed by atoms with E-state index in [1.54, 1.807) is 56.6 Å². The average Bonchev–Trinajstić information content (AvgIpc) is 3.06. The standard InChI is InChI=1S/C20H16ClN3O2/c1-23(2)20(26)24-12-16(18-15(11-22)4-3-5-17(18)24)19(25)14-8-6-13(10-21)7-9-14/h3-9,12H,10H2,1-2H3. The van der Waals surface area contributed by atoms with Gasteiger partial charge in [0.25, 0.3) is 0 Å². The van der Waals surface area contributed by atoms with Gasteiger partial charge in [-0.1, -0.05) is 30.3 Å². The molecule has 0 aliphatic rings. The van der Waals surface area contributed by atoms with Crippen LogP contribution < -0.4 is 0 Å². The number of benzene rings is 2. The van der Waals surface area contributed by atoms with E-state index >= 15 is 0 Å². The molecule has 0 saturated carbocycles. The highest BCUT2D eigenvalue weighted by Gasteiger charge is 2.22. The van der Waals surface area contributed by atoms with Crippen LogP contribution in [0.15, 0.2) is 48.7 Å². The second-order valence-corrected chi connectivity index (χ2v) is 6.33. The molecular formula is C20H16ClN3O2. The lowest BCUT2D eigenvalue weighted by Gasteiger charge is -2.11. The summed E-state index contributed by atoms with van der Waals surface area (Å²) >= 11 is 5.79. The Morgan fingerprint density at radius 1 is 1.15 bits per heavy atom. The fourth-order valence-electron chi connectivity index (χ4n) is 2.83. The molecule has 0 unspecified atom stereocenters. The van der Waals surface area contributed by atoms with Crippen molar-refractivity contribution in [3.8, 4) is 6.07 Å². The summed E-state index contributed by atoms with van der Waals surface area (Å²) in [5, 5.41) is 9.94. The molecule has 0 saturated heterocycles. The number of halogens is 1. The molecule has 0 fully saturated rings. The predicted octanol–water partition coefficient (Wildman–Crippen LogP) is 4.01. The first kappa shape index (κ1) is 17.7. The third-order valence-corrected chi connectivity index (χ3v) is 4.46. The molecule has 0 radical (unpaired) electrons. The van der Waals surface area contributed by atoms with Gasteiger partial charge in [0.1, 0.15) is 0 Å². The van der Waals surface area contributed by atoms with Crippen molar-refractivity contribution in [2.75, 3.05) is 14.1 Å². The minimum Gasteiger partial charge on any atom is -0.330 e. The van der Waals surface area contributed by atoms with Crippen LogP contribution in [-0.2, 0) is 5.88 Å². The maximum Gasteiger partial charge on any atom is 0.328 e. The van der Waals surface area contributed by atoms with Gasteiger partial charge in [0.15, 0.2) is 5.78 Å². The number of hydrogen-bond acceptors (Lipinski definition) is 3. The maximum atomic E-state index is 13.1. The van der Waals surface area contributed by atoms with Crippen molar-refractivity contribution >= 4 is 34.3 Å². The highest BCUT2D eigenvalue weighted by molar-refractivity contribution is 6.19. The van der Waals surface area contributed by atoms with Crippen LogP contribution in [0.2, 0.25) is 0 Å². The first-order chi connectivity index (χ1) is 12.5. The van der Waals surface area contributed by atoms with E-state index in [0.717, 1.165) is 5.56 Å². The largest absolute Gasteiger partial charge is 0.330 e. The fourth-order valence-corrected chi connectivity index (χ4v) is 3.01. The van der Waals surface area contributed by atoms with E-state index in [2.05, 4.69) is 6.07 Å². The summed E-state index contributed by atoms with van der Waals surface area (Å²) in [4.78, 5) is 27.0. The van der Waals surface area contributed by atoms with Crippen molar-refractivity contribution < 1.29 is 9.59 Å². The molecule has 130 valence electrons. The molecule has 1 aromatic heterocycles. The van der Waals surface area contributed by atoms with Crippen LogP contribution in [0.25, 0.3) is 10.9 Å². The van der Waals surface area contributed by atoms with Gasteiger partial charge >= 0.3 is 6.03 Å². The zero-order valence-electron chi connectivity index (χ0n) is 14.4. The molecule has 1 amide bonds. The number of alkyl halides is 1. The van der Waals surface area contributed by atoms with Gasteiger partial charge < -0.3 is 4.90 Å². The molecule has 0 N–H and O–H groups in total. The normalized spacial score (nSPS) is 10.5. The summed E-state index contributed by atoms with van der Waals surface area (Å²) in [7, 11) is 3.27. The van der Waals surface area contributed by atoms with Gasteiger partial charge in [-0.25, -0.2) is 4.79 Å². The molecule has 3 aromatic rings. The lowest BCUT2D eigenvalue weighted by atomic mass is 9.99. The number of carbonyl (C=O) groups excluding carboxylic acids is 2. The van der Waals surface area contributed by atoms with Crippen LogP contribution in [0, 0.1) is 11.3 Å². The van der Waals surface area contributed by atoms with Crippen molar-refractivity contribution in [1.29, 1.82) is 5.26 Å². The van der Waals surface area contributed by atoms with Gasteiger partial charge in [0.05, 0.1) is 17.1 Å². The molecule has 26 heavy (non-hydrogen) atoms. The summed E-state index contributed by atoms with van der Waals surface area (Å²) in [6, 6.07) is 13.9. The van der Waals surface area contributed by atoms with Crippen LogP contribution in [0.3, 0.4) is 0 Å². The van der Waals surface area contributed by atoms with Gasteiger partial charge in [-0.2, -0.15) is 5.26 Å². The lowest BCUT2D eigenvalue weighted by Crippen LogP contribution is -2.26. The highest BCUT2D eigenvalue weighted by Crippen LogP contribution is 2.27. The van der Waals surface area contributed by atoms with E-state index < -0.39 is 0 Å². The Bertz CT molecular complexity index is 1040. The van der Waals surface area contributed by atoms with Crippen molar-refractivity contribution in [2.24, 2.45) is 0 Å². The van der Waals surface area contributed by atoms with E-state index in [0.29, 0.717) is 33.5 Å². The summed E-state index contributed by atoms with van der Waals surface area (Å²) in [5.74, 6) is 0.119. The zero-order valence-corrected chi connectivity index (χ0v) is 15.1. The Morgan fingerprint density at radius 2 is 1.85 bits per heavy atom. The van der Waals surface area contributed by atoms with E-state index in [-0.39, 0.29) is 11.8 Å². The second kappa shape index (κ2) is 7.03. The third-order valence-electron chi connectivity index (χ3n) is 4.15. The summed E-state index contributed by atoms with van der Waals surface area (Å²) < 4.78 is 1.40. The Kier molecular flexibility index (Phi) is 4.79. The van der Waals surface area contributed by atoms with Gasteiger partial charge in [-0.3, -0.25) is 9.36 Å². The number of amides is 1. The van der Waals surface area contributed by atoms with Gasteiger partial charge in [0, 0.05) is 42.7 Å². The smallest absolute Gasteiger partial charge is 0.328 e. The number of hydrogen-bond donors (Lipinski definition) is 0. The van der Waals surface area contributed by atoms with Crippen LogP contribution in [0.4, 0.5) is 4.79 Å². The molecule has 1 heterocycles. The maximum absolute atomic E-state index is 13.1. The van der Waals surface area contributed by atoms with Crippen molar-refractivity contribution in [3.05, 3.63) is 70.9 Å². The van der Waals surface area contributed by atoms with E-state index in [1.807, 2.05) is 0 Å². The van der Waals surface area contributed by atoms with Crippen molar-refractivity contribution in [3.63, 3.8) is 0 Å². The van der Waals surface area contributed by atoms with Gasteiger partial charge in [-0.05, 0) is 17.7 Å². The molecule has 0 aliphatic carbocycles. The van der Waals surface area contributed by atoms with Crippen molar-refractivity contribution in [1.82, 2.24) is 9.47 Å². The number of aromatic nitrogens is 1. The lowest BCUT2D eigenvalue weighted by molar-refractivity contribution is 0.104. The van der Waals surface area contributed by atoms with Crippen LogP contribution >= 0.6 is 11.6 Å². The number of nitrogens with zero attached hydrogens (tertiary/aromatic N) is 3. The Labute approximate surface area is 156 Å². The third kappa shape index (κ3) is 2.96. The molecule has 0 spiro atoms. The Hall–Kier alpha value is -3.10. The fraction of sp³-hybridized carbons (Fsp3) is 0.150. The number of ketones is 1. The van der Waals surface area contributed by atoms with Crippen LogP contribution in [0.5, 0.6) is 0 Å². The number of rotatable bonds is 3. The van der Waals surface area contributed by atoms with Crippen molar-refractivity contribution in [2.45, 2.75) is 5.88 Å². The molecule has 2 aromatic carbocycles. The number of nitriles is 1. The highest BCUT2D eigenvalue weighted by atomic mass is 35.5.